The number of hydrogen-bond acceptors (Lipinski definition) is 2. The number of ketones is 1. The van der Waals surface area contributed by atoms with E-state index in [4.69, 9.17) is 0 Å². The maximum atomic E-state index is 11.4. The van der Waals surface area contributed by atoms with E-state index in [1.807, 2.05) is 6.26 Å². The molecule has 0 amide bonds. The van der Waals surface area contributed by atoms with E-state index in [1.54, 1.807) is 11.8 Å². The summed E-state index contributed by atoms with van der Waals surface area (Å²) in [4.78, 5) is 11.4. The molecular weight excluding hydrogens is 204 g/mol. The molecule has 0 saturated heterocycles. The molecule has 0 saturated carbocycles. The van der Waals surface area contributed by atoms with Crippen molar-refractivity contribution in [3.8, 4) is 0 Å². The highest BCUT2D eigenvalue weighted by Gasteiger charge is 2.02. The first-order valence-corrected chi connectivity index (χ1v) is 6.68. The van der Waals surface area contributed by atoms with E-state index in [-0.39, 0.29) is 0 Å². The van der Waals surface area contributed by atoms with Crippen molar-refractivity contribution >= 4 is 17.5 Å². The lowest BCUT2D eigenvalue weighted by atomic mass is 10.0. The Kier molecular flexibility index (Phi) is 5.48. The SMILES string of the molecule is CSCCC(=O)CCc1cccc(C)c1. The maximum Gasteiger partial charge on any atom is 0.134 e. The Hall–Kier alpha value is -0.760. The zero-order valence-corrected chi connectivity index (χ0v) is 10.3. The fourth-order valence-electron chi connectivity index (χ4n) is 1.49. The number of carbonyl (C=O) groups is 1. The van der Waals surface area contributed by atoms with Gasteiger partial charge in [0.05, 0.1) is 0 Å². The van der Waals surface area contributed by atoms with Crippen molar-refractivity contribution in [2.75, 3.05) is 12.0 Å². The van der Waals surface area contributed by atoms with Gasteiger partial charge < -0.3 is 0 Å². The van der Waals surface area contributed by atoms with Gasteiger partial charge in [-0.2, -0.15) is 11.8 Å². The first kappa shape index (κ1) is 12.3. The molecule has 0 aromatic heterocycles. The Morgan fingerprint density at radius 2 is 2.13 bits per heavy atom. The number of hydrogen-bond donors (Lipinski definition) is 0. The van der Waals surface area contributed by atoms with Crippen LogP contribution in [0.2, 0.25) is 0 Å². The zero-order valence-electron chi connectivity index (χ0n) is 9.45. The van der Waals surface area contributed by atoms with Gasteiger partial charge in [-0.25, -0.2) is 0 Å². The van der Waals surface area contributed by atoms with Gasteiger partial charge in [-0.05, 0) is 30.9 Å². The molecule has 1 aromatic carbocycles. The van der Waals surface area contributed by atoms with Crippen LogP contribution in [0.25, 0.3) is 0 Å². The predicted molar refractivity (Wildman–Crippen MR) is 67.5 cm³/mol. The molecule has 0 fully saturated rings. The topological polar surface area (TPSA) is 17.1 Å². The van der Waals surface area contributed by atoms with Crippen molar-refractivity contribution in [1.82, 2.24) is 0 Å². The second kappa shape index (κ2) is 6.67. The third-order valence-corrected chi connectivity index (χ3v) is 2.97. The third kappa shape index (κ3) is 5.03. The van der Waals surface area contributed by atoms with Crippen LogP contribution in [0.5, 0.6) is 0 Å². The fraction of sp³-hybridized carbons (Fsp3) is 0.462. The van der Waals surface area contributed by atoms with Crippen LogP contribution < -0.4 is 0 Å². The molecule has 2 heteroatoms. The summed E-state index contributed by atoms with van der Waals surface area (Å²) in [5.41, 5.74) is 2.54. The molecule has 0 aliphatic rings. The number of rotatable bonds is 6. The van der Waals surface area contributed by atoms with Gasteiger partial charge in [0.2, 0.25) is 0 Å². The van der Waals surface area contributed by atoms with Crippen molar-refractivity contribution in [2.45, 2.75) is 26.2 Å². The summed E-state index contributed by atoms with van der Waals surface area (Å²) in [5, 5.41) is 0. The van der Waals surface area contributed by atoms with E-state index >= 15 is 0 Å². The highest BCUT2D eigenvalue weighted by atomic mass is 32.2. The molecular formula is C13H18OS. The zero-order chi connectivity index (χ0) is 11.1. The minimum absolute atomic E-state index is 0.380. The summed E-state index contributed by atoms with van der Waals surface area (Å²) in [6, 6.07) is 8.38. The molecule has 1 aromatic rings. The molecule has 0 bridgehead atoms. The summed E-state index contributed by atoms with van der Waals surface area (Å²) in [6.45, 7) is 2.08. The monoisotopic (exact) mass is 222 g/mol. The molecule has 15 heavy (non-hydrogen) atoms. The number of carbonyl (C=O) groups excluding carboxylic acids is 1. The Morgan fingerprint density at radius 1 is 1.33 bits per heavy atom. The van der Waals surface area contributed by atoms with Crippen molar-refractivity contribution in [3.05, 3.63) is 35.4 Å². The van der Waals surface area contributed by atoms with E-state index in [0.29, 0.717) is 18.6 Å². The van der Waals surface area contributed by atoms with E-state index in [1.165, 1.54) is 11.1 Å². The summed E-state index contributed by atoms with van der Waals surface area (Å²) >= 11 is 1.73. The molecule has 0 unspecified atom stereocenters. The highest BCUT2D eigenvalue weighted by Crippen LogP contribution is 2.08. The Bertz CT molecular complexity index is 320. The van der Waals surface area contributed by atoms with Crippen molar-refractivity contribution in [1.29, 1.82) is 0 Å². The normalized spacial score (nSPS) is 10.3. The smallest absolute Gasteiger partial charge is 0.134 e. The third-order valence-electron chi connectivity index (χ3n) is 2.36. The van der Waals surface area contributed by atoms with E-state index in [9.17, 15) is 4.79 Å². The van der Waals surface area contributed by atoms with Gasteiger partial charge in [-0.3, -0.25) is 4.79 Å². The molecule has 0 atom stereocenters. The molecule has 1 rings (SSSR count). The first-order chi connectivity index (χ1) is 7.22. The Labute approximate surface area is 96.3 Å². The van der Waals surface area contributed by atoms with Gasteiger partial charge in [0, 0.05) is 12.8 Å². The van der Waals surface area contributed by atoms with Crippen LogP contribution in [-0.2, 0) is 11.2 Å². The molecule has 0 aliphatic carbocycles. The van der Waals surface area contributed by atoms with Gasteiger partial charge in [-0.15, -0.1) is 0 Å². The quantitative estimate of drug-likeness (QED) is 0.735. The number of benzene rings is 1. The average molecular weight is 222 g/mol. The minimum Gasteiger partial charge on any atom is -0.300 e. The molecule has 0 N–H and O–H groups in total. The number of Topliss-reactive ketones (excluding diaryl/α,β-unsaturated/α-hetero) is 1. The molecule has 82 valence electrons. The van der Waals surface area contributed by atoms with Gasteiger partial charge in [0.1, 0.15) is 5.78 Å². The van der Waals surface area contributed by atoms with Crippen LogP contribution in [0.4, 0.5) is 0 Å². The largest absolute Gasteiger partial charge is 0.300 e. The van der Waals surface area contributed by atoms with Crippen LogP contribution in [0.15, 0.2) is 24.3 Å². The average Bonchev–Trinajstić information content (AvgIpc) is 2.23. The maximum absolute atomic E-state index is 11.4. The second-order valence-corrected chi connectivity index (χ2v) is 4.76. The van der Waals surface area contributed by atoms with Crippen LogP contribution in [0.1, 0.15) is 24.0 Å². The Balaban J connectivity index is 2.33. The van der Waals surface area contributed by atoms with Crippen LogP contribution in [-0.4, -0.2) is 17.8 Å². The molecule has 1 nitrogen and oxygen atoms in total. The molecule has 0 heterocycles. The summed E-state index contributed by atoms with van der Waals surface area (Å²) < 4.78 is 0. The number of thioether (sulfide) groups is 1. The Morgan fingerprint density at radius 3 is 2.80 bits per heavy atom. The second-order valence-electron chi connectivity index (χ2n) is 3.77. The first-order valence-electron chi connectivity index (χ1n) is 5.28. The lowest BCUT2D eigenvalue weighted by molar-refractivity contribution is -0.118. The predicted octanol–water partition coefficient (Wildman–Crippen LogP) is 3.25. The summed E-state index contributed by atoms with van der Waals surface area (Å²) in [5.74, 6) is 1.33. The van der Waals surface area contributed by atoms with E-state index < -0.39 is 0 Å². The van der Waals surface area contributed by atoms with Crippen LogP contribution >= 0.6 is 11.8 Å². The van der Waals surface area contributed by atoms with Crippen LogP contribution in [0, 0.1) is 6.92 Å². The lowest BCUT2D eigenvalue weighted by Crippen LogP contribution is -2.01. The molecule has 0 radical (unpaired) electrons. The standard InChI is InChI=1S/C13H18OS/c1-11-4-3-5-12(10-11)6-7-13(14)8-9-15-2/h3-5,10H,6-9H2,1-2H3. The fourth-order valence-corrected chi connectivity index (χ4v) is 1.92. The molecule has 0 spiro atoms. The van der Waals surface area contributed by atoms with E-state index in [2.05, 4.69) is 31.2 Å². The van der Waals surface area contributed by atoms with Gasteiger partial charge in [-0.1, -0.05) is 29.8 Å². The van der Waals surface area contributed by atoms with Gasteiger partial charge in [0.15, 0.2) is 0 Å². The number of aryl methyl sites for hydroxylation is 2. The van der Waals surface area contributed by atoms with Crippen molar-refractivity contribution < 1.29 is 4.79 Å². The van der Waals surface area contributed by atoms with Crippen molar-refractivity contribution in [3.63, 3.8) is 0 Å². The van der Waals surface area contributed by atoms with Crippen molar-refractivity contribution in [2.24, 2.45) is 0 Å². The van der Waals surface area contributed by atoms with Gasteiger partial charge >= 0.3 is 0 Å². The van der Waals surface area contributed by atoms with Crippen LogP contribution in [0.3, 0.4) is 0 Å². The van der Waals surface area contributed by atoms with E-state index in [0.717, 1.165) is 12.2 Å². The summed E-state index contributed by atoms with van der Waals surface area (Å²) in [7, 11) is 0. The lowest BCUT2D eigenvalue weighted by Gasteiger charge is -2.02. The molecule has 0 aliphatic heterocycles. The summed E-state index contributed by atoms with van der Waals surface area (Å²) in [6.07, 6.45) is 4.32. The highest BCUT2D eigenvalue weighted by molar-refractivity contribution is 7.98. The van der Waals surface area contributed by atoms with Gasteiger partial charge in [0.25, 0.3) is 0 Å². The minimum atomic E-state index is 0.380.